The molecule has 0 bridgehead atoms. The van der Waals surface area contributed by atoms with Gasteiger partial charge in [0.1, 0.15) is 4.34 Å². The summed E-state index contributed by atoms with van der Waals surface area (Å²) in [4.78, 5) is 0. The van der Waals surface area contributed by atoms with Crippen LogP contribution < -0.4 is 0 Å². The molecule has 1 heterocycles. The lowest BCUT2D eigenvalue weighted by atomic mass is 10.2. The Kier molecular flexibility index (Phi) is 2.98. The van der Waals surface area contributed by atoms with Crippen LogP contribution in [0.2, 0.25) is 4.34 Å². The molecule has 0 radical (unpaired) electrons. The van der Waals surface area contributed by atoms with E-state index in [0.717, 1.165) is 14.1 Å². The third kappa shape index (κ3) is 1.80. The molecule has 1 aromatic heterocycles. The van der Waals surface area contributed by atoms with Crippen molar-refractivity contribution in [3.8, 4) is 0 Å². The molecule has 0 fully saturated rings. The van der Waals surface area contributed by atoms with Crippen LogP contribution in [-0.4, -0.2) is 0 Å². The van der Waals surface area contributed by atoms with Crippen LogP contribution in [0.5, 0.6) is 0 Å². The molecule has 0 aliphatic rings. The van der Waals surface area contributed by atoms with Gasteiger partial charge < -0.3 is 0 Å². The number of alkyl halides is 1. The normalized spacial score (nSPS) is 11.0. The van der Waals surface area contributed by atoms with E-state index in [1.807, 2.05) is 0 Å². The summed E-state index contributed by atoms with van der Waals surface area (Å²) >= 11 is 14.5. The Hall–Kier alpha value is 0.430. The van der Waals surface area contributed by atoms with Crippen molar-refractivity contribution in [3.63, 3.8) is 0 Å². The Morgan fingerprint density at radius 1 is 1.38 bits per heavy atom. The summed E-state index contributed by atoms with van der Waals surface area (Å²) in [5, 5.41) is 2.08. The van der Waals surface area contributed by atoms with E-state index in [1.54, 1.807) is 11.3 Å². The summed E-state index contributed by atoms with van der Waals surface area (Å²) in [6, 6.07) is 6.36. The van der Waals surface area contributed by atoms with Gasteiger partial charge in [-0.2, -0.15) is 0 Å². The molecule has 0 nitrogen and oxygen atoms in total. The topological polar surface area (TPSA) is 0 Å². The van der Waals surface area contributed by atoms with E-state index in [4.69, 9.17) is 11.6 Å². The Morgan fingerprint density at radius 3 is 2.85 bits per heavy atom. The molecule has 0 saturated heterocycles. The molecule has 0 aliphatic heterocycles. The SMILES string of the molecule is Clc1sc2ccc(CBr)cc2c1Br. The predicted octanol–water partition coefficient (Wildman–Crippen LogP) is 5.21. The molecule has 1 aromatic carbocycles. The maximum Gasteiger partial charge on any atom is 0.108 e. The Labute approximate surface area is 102 Å². The van der Waals surface area contributed by atoms with Crippen molar-refractivity contribution in [1.29, 1.82) is 0 Å². The number of thiophene rings is 1. The summed E-state index contributed by atoms with van der Waals surface area (Å²) in [5.74, 6) is 0. The number of halogens is 3. The second-order valence-electron chi connectivity index (χ2n) is 2.65. The van der Waals surface area contributed by atoms with Crippen molar-refractivity contribution in [2.24, 2.45) is 0 Å². The van der Waals surface area contributed by atoms with Gasteiger partial charge in [-0.05, 0) is 33.6 Å². The van der Waals surface area contributed by atoms with E-state index in [0.29, 0.717) is 0 Å². The lowest BCUT2D eigenvalue weighted by molar-refractivity contribution is 1.47. The second kappa shape index (κ2) is 3.89. The summed E-state index contributed by atoms with van der Waals surface area (Å²) in [7, 11) is 0. The Morgan fingerprint density at radius 2 is 2.15 bits per heavy atom. The van der Waals surface area contributed by atoms with Crippen molar-refractivity contribution < 1.29 is 0 Å². The minimum absolute atomic E-state index is 0.821. The molecule has 0 atom stereocenters. The van der Waals surface area contributed by atoms with Gasteiger partial charge in [0.25, 0.3) is 0 Å². The third-order valence-electron chi connectivity index (χ3n) is 1.81. The van der Waals surface area contributed by atoms with Gasteiger partial charge in [0.2, 0.25) is 0 Å². The summed E-state index contributed by atoms with van der Waals surface area (Å²) in [6.07, 6.45) is 0. The summed E-state index contributed by atoms with van der Waals surface area (Å²) in [6.45, 7) is 0. The van der Waals surface area contributed by atoms with Gasteiger partial charge in [0, 0.05) is 15.4 Å². The zero-order valence-electron chi connectivity index (χ0n) is 6.48. The average molecular weight is 340 g/mol. The molecular formula is C9H5Br2ClS. The van der Waals surface area contributed by atoms with E-state index in [9.17, 15) is 0 Å². The van der Waals surface area contributed by atoms with Crippen LogP contribution in [-0.2, 0) is 5.33 Å². The smallest absolute Gasteiger partial charge is 0.108 e. The molecule has 0 amide bonds. The molecule has 0 spiro atoms. The first-order valence-electron chi connectivity index (χ1n) is 3.65. The predicted molar refractivity (Wildman–Crippen MR) is 67.2 cm³/mol. The number of fused-ring (bicyclic) bond motifs is 1. The molecule has 0 saturated carbocycles. The van der Waals surface area contributed by atoms with Crippen molar-refractivity contribution >= 4 is 64.9 Å². The van der Waals surface area contributed by atoms with E-state index in [2.05, 4.69) is 50.1 Å². The monoisotopic (exact) mass is 338 g/mol. The summed E-state index contributed by atoms with van der Waals surface area (Å²) < 4.78 is 3.06. The summed E-state index contributed by atoms with van der Waals surface area (Å²) in [5.41, 5.74) is 1.27. The first-order chi connectivity index (χ1) is 6.22. The van der Waals surface area contributed by atoms with Gasteiger partial charge in [0.15, 0.2) is 0 Å². The minimum atomic E-state index is 0.821. The minimum Gasteiger partial charge on any atom is -0.122 e. The van der Waals surface area contributed by atoms with Crippen molar-refractivity contribution in [1.82, 2.24) is 0 Å². The van der Waals surface area contributed by atoms with E-state index in [1.165, 1.54) is 15.6 Å². The number of benzene rings is 1. The van der Waals surface area contributed by atoms with Gasteiger partial charge >= 0.3 is 0 Å². The van der Waals surface area contributed by atoms with Crippen molar-refractivity contribution in [2.45, 2.75) is 5.33 Å². The highest BCUT2D eigenvalue weighted by Crippen LogP contribution is 2.39. The lowest BCUT2D eigenvalue weighted by Gasteiger charge is -1.95. The fourth-order valence-corrected chi connectivity index (χ4v) is 3.37. The quantitative estimate of drug-likeness (QED) is 0.625. The van der Waals surface area contributed by atoms with Crippen molar-refractivity contribution in [2.75, 3.05) is 0 Å². The molecule has 0 aliphatic carbocycles. The van der Waals surface area contributed by atoms with Gasteiger partial charge in [-0.25, -0.2) is 0 Å². The highest BCUT2D eigenvalue weighted by atomic mass is 79.9. The second-order valence-corrected chi connectivity index (χ2v) is 5.66. The molecule has 4 heteroatoms. The molecule has 0 N–H and O–H groups in total. The standard InChI is InChI=1S/C9H5Br2ClS/c10-4-5-1-2-7-6(3-5)8(11)9(12)13-7/h1-3H,4H2. The highest BCUT2D eigenvalue weighted by molar-refractivity contribution is 9.10. The lowest BCUT2D eigenvalue weighted by Crippen LogP contribution is -1.74. The van der Waals surface area contributed by atoms with Crippen LogP contribution in [0.3, 0.4) is 0 Å². The van der Waals surface area contributed by atoms with Crippen LogP contribution in [0.4, 0.5) is 0 Å². The van der Waals surface area contributed by atoms with Gasteiger partial charge in [-0.15, -0.1) is 11.3 Å². The number of hydrogen-bond acceptors (Lipinski definition) is 1. The van der Waals surface area contributed by atoms with Crippen molar-refractivity contribution in [3.05, 3.63) is 32.6 Å². The van der Waals surface area contributed by atoms with Gasteiger partial charge in [-0.3, -0.25) is 0 Å². The van der Waals surface area contributed by atoms with Crippen LogP contribution in [0.15, 0.2) is 22.7 Å². The van der Waals surface area contributed by atoms with Crippen LogP contribution >= 0.6 is 54.8 Å². The first kappa shape index (κ1) is 9.97. The molecular weight excluding hydrogens is 335 g/mol. The first-order valence-corrected chi connectivity index (χ1v) is 6.75. The van der Waals surface area contributed by atoms with Crippen LogP contribution in [0, 0.1) is 0 Å². The molecule has 13 heavy (non-hydrogen) atoms. The van der Waals surface area contributed by atoms with Crippen LogP contribution in [0.25, 0.3) is 10.1 Å². The Balaban J connectivity index is 2.75. The zero-order chi connectivity index (χ0) is 9.42. The molecule has 0 unspecified atom stereocenters. The number of rotatable bonds is 1. The van der Waals surface area contributed by atoms with Gasteiger partial charge in [-0.1, -0.05) is 33.6 Å². The maximum absolute atomic E-state index is 6.01. The number of hydrogen-bond donors (Lipinski definition) is 0. The van der Waals surface area contributed by atoms with Crippen LogP contribution in [0.1, 0.15) is 5.56 Å². The maximum atomic E-state index is 6.01. The van der Waals surface area contributed by atoms with E-state index >= 15 is 0 Å². The Bertz CT molecular complexity index is 450. The highest BCUT2D eigenvalue weighted by Gasteiger charge is 2.07. The average Bonchev–Trinajstić information content (AvgIpc) is 2.43. The van der Waals surface area contributed by atoms with E-state index < -0.39 is 0 Å². The zero-order valence-corrected chi connectivity index (χ0v) is 11.2. The fourth-order valence-electron chi connectivity index (χ4n) is 1.17. The molecule has 2 rings (SSSR count). The third-order valence-corrected chi connectivity index (χ3v) is 5.15. The van der Waals surface area contributed by atoms with Gasteiger partial charge in [0.05, 0.1) is 4.47 Å². The van der Waals surface area contributed by atoms with E-state index in [-0.39, 0.29) is 0 Å². The molecule has 2 aromatic rings. The molecule has 68 valence electrons. The largest absolute Gasteiger partial charge is 0.122 e. The fraction of sp³-hybridized carbons (Fsp3) is 0.111.